The molecular weight excluding hydrogens is 314 g/mol. The number of fused-ring (bicyclic) bond motifs is 2. The van der Waals surface area contributed by atoms with Crippen LogP contribution >= 0.6 is 0 Å². The maximum Gasteiger partial charge on any atom is 0.243 e. The SMILES string of the molecule is CC[C@@H](C(=O)NCc1n[nH]c2c1CCCC2)n1cnc2ccccc21. The molecule has 4 rings (SSSR count). The number of amides is 1. The Balaban J connectivity index is 1.50. The molecule has 0 spiro atoms. The zero-order valence-electron chi connectivity index (χ0n) is 14.5. The van der Waals surface area contributed by atoms with Gasteiger partial charge in [-0.2, -0.15) is 5.10 Å². The number of benzene rings is 1. The Bertz CT molecular complexity index is 894. The number of nitrogens with one attached hydrogen (secondary N) is 2. The molecule has 130 valence electrons. The minimum Gasteiger partial charge on any atom is -0.349 e. The molecule has 0 bridgehead atoms. The van der Waals surface area contributed by atoms with Crippen LogP contribution in [0, 0.1) is 0 Å². The van der Waals surface area contributed by atoms with Crippen molar-refractivity contribution >= 4 is 16.9 Å². The van der Waals surface area contributed by atoms with Crippen molar-refractivity contribution in [3.05, 3.63) is 47.5 Å². The van der Waals surface area contributed by atoms with Crippen LogP contribution in [0.1, 0.15) is 49.2 Å². The molecule has 6 nitrogen and oxygen atoms in total. The van der Waals surface area contributed by atoms with Gasteiger partial charge >= 0.3 is 0 Å². The zero-order chi connectivity index (χ0) is 17.2. The van der Waals surface area contributed by atoms with Gasteiger partial charge in [0.1, 0.15) is 6.04 Å². The molecule has 1 aliphatic carbocycles. The Hall–Kier alpha value is -2.63. The lowest BCUT2D eigenvalue weighted by Crippen LogP contribution is -2.32. The maximum absolute atomic E-state index is 12.8. The number of para-hydroxylation sites is 2. The van der Waals surface area contributed by atoms with Crippen molar-refractivity contribution < 1.29 is 4.79 Å². The molecule has 0 radical (unpaired) electrons. The van der Waals surface area contributed by atoms with Crippen LogP contribution in [-0.4, -0.2) is 25.7 Å². The Morgan fingerprint density at radius 3 is 3.04 bits per heavy atom. The standard InChI is InChI=1S/C19H23N5O/c1-2-17(24-12-21-15-9-5-6-10-18(15)24)19(25)20-11-16-13-7-3-4-8-14(13)22-23-16/h5-6,9-10,12,17H,2-4,7-8,11H2,1H3,(H,20,25)(H,22,23)/t17-/m0/s1. The van der Waals surface area contributed by atoms with Gasteiger partial charge in [-0.25, -0.2) is 4.98 Å². The van der Waals surface area contributed by atoms with Crippen LogP contribution in [0.2, 0.25) is 0 Å². The molecule has 1 amide bonds. The van der Waals surface area contributed by atoms with E-state index in [4.69, 9.17) is 0 Å². The normalized spacial score (nSPS) is 15.1. The molecule has 6 heteroatoms. The van der Waals surface area contributed by atoms with E-state index < -0.39 is 0 Å². The molecule has 0 saturated carbocycles. The second-order valence-electron chi connectivity index (χ2n) is 6.62. The van der Waals surface area contributed by atoms with Gasteiger partial charge in [-0.15, -0.1) is 0 Å². The minimum atomic E-state index is -0.262. The van der Waals surface area contributed by atoms with Gasteiger partial charge in [0.05, 0.1) is 29.6 Å². The van der Waals surface area contributed by atoms with E-state index in [2.05, 4.69) is 20.5 Å². The number of nitrogens with zero attached hydrogens (tertiary/aromatic N) is 3. The van der Waals surface area contributed by atoms with Crippen LogP contribution < -0.4 is 5.32 Å². The van der Waals surface area contributed by atoms with Gasteiger partial charge in [0.15, 0.2) is 0 Å². The van der Waals surface area contributed by atoms with E-state index in [-0.39, 0.29) is 11.9 Å². The number of hydrogen-bond donors (Lipinski definition) is 2. The molecule has 25 heavy (non-hydrogen) atoms. The molecule has 3 aromatic rings. The third kappa shape index (κ3) is 2.92. The highest BCUT2D eigenvalue weighted by molar-refractivity contribution is 5.83. The number of hydrogen-bond acceptors (Lipinski definition) is 3. The highest BCUT2D eigenvalue weighted by Crippen LogP contribution is 2.23. The van der Waals surface area contributed by atoms with E-state index in [9.17, 15) is 4.79 Å². The van der Waals surface area contributed by atoms with Gasteiger partial charge in [-0.3, -0.25) is 9.89 Å². The van der Waals surface area contributed by atoms with Crippen LogP contribution in [0.15, 0.2) is 30.6 Å². The number of aromatic amines is 1. The second kappa shape index (κ2) is 6.70. The summed E-state index contributed by atoms with van der Waals surface area (Å²) in [6, 6.07) is 7.64. The highest BCUT2D eigenvalue weighted by Gasteiger charge is 2.22. The second-order valence-corrected chi connectivity index (χ2v) is 6.62. The lowest BCUT2D eigenvalue weighted by atomic mass is 9.96. The number of rotatable bonds is 5. The summed E-state index contributed by atoms with van der Waals surface area (Å²) < 4.78 is 1.96. The van der Waals surface area contributed by atoms with Gasteiger partial charge in [0, 0.05) is 5.69 Å². The molecule has 0 fully saturated rings. The first kappa shape index (κ1) is 15.9. The van der Waals surface area contributed by atoms with Crippen molar-refractivity contribution in [2.45, 2.75) is 51.6 Å². The third-order valence-corrected chi connectivity index (χ3v) is 5.08. The van der Waals surface area contributed by atoms with Gasteiger partial charge < -0.3 is 9.88 Å². The molecule has 1 atom stereocenters. The summed E-state index contributed by atoms with van der Waals surface area (Å²) in [5.74, 6) is 0.0122. The lowest BCUT2D eigenvalue weighted by Gasteiger charge is -2.17. The van der Waals surface area contributed by atoms with E-state index in [1.165, 1.54) is 24.1 Å². The lowest BCUT2D eigenvalue weighted by molar-refractivity contribution is -0.124. The van der Waals surface area contributed by atoms with Crippen LogP contribution in [-0.2, 0) is 24.2 Å². The smallest absolute Gasteiger partial charge is 0.243 e. The Morgan fingerprint density at radius 1 is 1.32 bits per heavy atom. The summed E-state index contributed by atoms with van der Waals surface area (Å²) in [4.78, 5) is 17.2. The molecule has 0 aliphatic heterocycles. The Labute approximate surface area is 146 Å². The number of aryl methyl sites for hydroxylation is 1. The van der Waals surface area contributed by atoms with Crippen molar-refractivity contribution in [3.8, 4) is 0 Å². The number of carbonyl (C=O) groups is 1. The summed E-state index contributed by atoms with van der Waals surface area (Å²) in [5, 5.41) is 10.6. The first-order valence-corrected chi connectivity index (χ1v) is 9.02. The van der Waals surface area contributed by atoms with Crippen molar-refractivity contribution in [3.63, 3.8) is 0 Å². The molecule has 1 aliphatic rings. The summed E-state index contributed by atoms with van der Waals surface area (Å²) in [5.41, 5.74) is 5.42. The van der Waals surface area contributed by atoms with Crippen molar-refractivity contribution in [2.75, 3.05) is 0 Å². The molecular formula is C19H23N5O. The zero-order valence-corrected chi connectivity index (χ0v) is 14.5. The summed E-state index contributed by atoms with van der Waals surface area (Å²) in [6.45, 7) is 2.50. The molecule has 2 heterocycles. The van der Waals surface area contributed by atoms with Gasteiger partial charge in [0.25, 0.3) is 0 Å². The fourth-order valence-electron chi connectivity index (χ4n) is 3.72. The number of carbonyl (C=O) groups excluding carboxylic acids is 1. The molecule has 1 aromatic carbocycles. The van der Waals surface area contributed by atoms with Gasteiger partial charge in [-0.05, 0) is 49.8 Å². The molecule has 0 unspecified atom stereocenters. The van der Waals surface area contributed by atoms with Crippen LogP contribution in [0.25, 0.3) is 11.0 Å². The molecule has 2 aromatic heterocycles. The Morgan fingerprint density at radius 2 is 2.16 bits per heavy atom. The highest BCUT2D eigenvalue weighted by atomic mass is 16.2. The molecule has 0 saturated heterocycles. The first-order valence-electron chi connectivity index (χ1n) is 9.02. The summed E-state index contributed by atoms with van der Waals surface area (Å²) in [7, 11) is 0. The predicted molar refractivity (Wildman–Crippen MR) is 96.1 cm³/mol. The number of aromatic nitrogens is 4. The minimum absolute atomic E-state index is 0.0122. The van der Waals surface area contributed by atoms with E-state index in [0.717, 1.165) is 29.6 Å². The fraction of sp³-hybridized carbons (Fsp3) is 0.421. The predicted octanol–water partition coefficient (Wildman–Crippen LogP) is 2.91. The average molecular weight is 337 g/mol. The van der Waals surface area contributed by atoms with Gasteiger partial charge in [-0.1, -0.05) is 19.1 Å². The van der Waals surface area contributed by atoms with Crippen molar-refractivity contribution in [1.82, 2.24) is 25.1 Å². The largest absolute Gasteiger partial charge is 0.349 e. The topological polar surface area (TPSA) is 75.6 Å². The van der Waals surface area contributed by atoms with Crippen LogP contribution in [0.4, 0.5) is 0 Å². The summed E-state index contributed by atoms with van der Waals surface area (Å²) in [6.07, 6.45) is 7.01. The number of H-pyrrole nitrogens is 1. The molecule has 2 N–H and O–H groups in total. The van der Waals surface area contributed by atoms with E-state index >= 15 is 0 Å². The van der Waals surface area contributed by atoms with E-state index in [0.29, 0.717) is 13.0 Å². The first-order chi connectivity index (χ1) is 12.3. The maximum atomic E-state index is 12.8. The Kier molecular flexibility index (Phi) is 4.26. The number of imidazole rings is 1. The van der Waals surface area contributed by atoms with Crippen LogP contribution in [0.5, 0.6) is 0 Å². The summed E-state index contributed by atoms with van der Waals surface area (Å²) >= 11 is 0. The quantitative estimate of drug-likeness (QED) is 0.751. The van der Waals surface area contributed by atoms with Crippen molar-refractivity contribution in [2.24, 2.45) is 0 Å². The monoisotopic (exact) mass is 337 g/mol. The van der Waals surface area contributed by atoms with Gasteiger partial charge in [0.2, 0.25) is 5.91 Å². The van der Waals surface area contributed by atoms with Crippen molar-refractivity contribution in [1.29, 1.82) is 0 Å². The van der Waals surface area contributed by atoms with E-state index in [1.807, 2.05) is 35.8 Å². The average Bonchev–Trinajstić information content (AvgIpc) is 3.25. The van der Waals surface area contributed by atoms with Crippen LogP contribution in [0.3, 0.4) is 0 Å². The third-order valence-electron chi connectivity index (χ3n) is 5.08. The fourth-order valence-corrected chi connectivity index (χ4v) is 3.72. The van der Waals surface area contributed by atoms with E-state index in [1.54, 1.807) is 6.33 Å².